The van der Waals surface area contributed by atoms with E-state index in [0.29, 0.717) is 36.7 Å². The van der Waals surface area contributed by atoms with Gasteiger partial charge in [0.05, 0.1) is 26.3 Å². The summed E-state index contributed by atoms with van der Waals surface area (Å²) in [5, 5.41) is 5.22. The number of aliphatic imine (C=N–C) groups is 1. The number of ether oxygens (including phenoxy) is 3. The first kappa shape index (κ1) is 30.3. The summed E-state index contributed by atoms with van der Waals surface area (Å²) >= 11 is 0. The number of likely N-dealkylation sites (tertiary alicyclic amines) is 1. The molecule has 2 saturated heterocycles. The lowest BCUT2D eigenvalue weighted by Gasteiger charge is -2.25. The van der Waals surface area contributed by atoms with Crippen LogP contribution in [-0.2, 0) is 23.9 Å². The Morgan fingerprint density at radius 2 is 1.67 bits per heavy atom. The molecule has 4 rings (SSSR count). The summed E-state index contributed by atoms with van der Waals surface area (Å²) in [5.41, 5.74) is 16.4. The van der Waals surface area contributed by atoms with Crippen LogP contribution in [0.4, 0.5) is 0 Å². The number of primary amides is 1. The van der Waals surface area contributed by atoms with Gasteiger partial charge >= 0.3 is 0 Å². The molecule has 0 radical (unpaired) electrons. The molecule has 2 aliphatic rings. The van der Waals surface area contributed by atoms with Gasteiger partial charge in [0.25, 0.3) is 5.91 Å². The Hall–Kier alpha value is -4.69. The normalized spacial score (nSPS) is 17.8. The van der Waals surface area contributed by atoms with Crippen LogP contribution in [0, 0.1) is 0 Å². The highest BCUT2D eigenvalue weighted by atomic mass is 16.7. The van der Waals surface area contributed by atoms with Gasteiger partial charge in [-0.3, -0.25) is 24.2 Å². The van der Waals surface area contributed by atoms with E-state index in [-0.39, 0.29) is 38.4 Å². The van der Waals surface area contributed by atoms with E-state index in [2.05, 4.69) is 15.6 Å². The summed E-state index contributed by atoms with van der Waals surface area (Å²) in [6.07, 6.45) is 0.642. The largest absolute Gasteiger partial charge is 0.457 e. The molecule has 2 heterocycles. The third kappa shape index (κ3) is 7.95. The van der Waals surface area contributed by atoms with E-state index in [1.165, 1.54) is 4.90 Å². The van der Waals surface area contributed by atoms with E-state index < -0.39 is 41.5 Å². The quantitative estimate of drug-likeness (QED) is 0.125. The molecule has 2 fully saturated rings. The number of hydrogen-bond acceptors (Lipinski definition) is 8. The number of rotatable bonds is 12. The van der Waals surface area contributed by atoms with E-state index in [0.717, 1.165) is 0 Å². The number of benzene rings is 2. The molecular weight excluding hydrogens is 546 g/mol. The molecule has 2 aromatic carbocycles. The maximum Gasteiger partial charge on any atom is 0.251 e. The van der Waals surface area contributed by atoms with Gasteiger partial charge < -0.3 is 46.9 Å². The summed E-state index contributed by atoms with van der Waals surface area (Å²) < 4.78 is 17.2. The lowest BCUT2D eigenvalue weighted by molar-refractivity contribution is -0.152. The van der Waals surface area contributed by atoms with Gasteiger partial charge in [-0.15, -0.1) is 0 Å². The topological polar surface area (TPSA) is 214 Å². The summed E-state index contributed by atoms with van der Waals surface area (Å²) in [6, 6.07) is 13.6. The van der Waals surface area contributed by atoms with Crippen LogP contribution in [0.3, 0.4) is 0 Å². The van der Waals surface area contributed by atoms with Crippen LogP contribution in [0.5, 0.6) is 11.5 Å². The summed E-state index contributed by atoms with van der Waals surface area (Å²) in [4.78, 5) is 56.5. The van der Waals surface area contributed by atoms with Gasteiger partial charge in [-0.2, -0.15) is 0 Å². The number of amides is 4. The Kier molecular flexibility index (Phi) is 9.93. The average molecular weight is 582 g/mol. The highest BCUT2D eigenvalue weighted by molar-refractivity contribution is 5.97. The van der Waals surface area contributed by atoms with Crippen molar-refractivity contribution in [3.63, 3.8) is 0 Å². The van der Waals surface area contributed by atoms with Crippen molar-refractivity contribution in [1.29, 1.82) is 0 Å². The minimum absolute atomic E-state index is 0.0168. The predicted octanol–water partition coefficient (Wildman–Crippen LogP) is -0.424. The molecule has 2 aliphatic heterocycles. The SMILES string of the molecule is NC(=O)[C@H](CCCN=C(N)N)NC(=O)[C@@H]1CC2(CN1C(=O)CNC(=O)c1ccc(Oc3ccccc3)cc1)OCCO2. The van der Waals surface area contributed by atoms with Crippen molar-refractivity contribution < 1.29 is 33.4 Å². The second-order valence-corrected chi connectivity index (χ2v) is 9.88. The molecule has 42 heavy (non-hydrogen) atoms. The zero-order valence-electron chi connectivity index (χ0n) is 23.0. The molecule has 14 heteroatoms. The standard InChI is InChI=1S/C28H35N7O7/c29-24(37)21(7-4-12-32-27(30)31)34-26(39)22-15-28(40-13-14-41-28)17-35(22)23(36)16-33-25(38)18-8-10-20(11-9-18)42-19-5-2-1-3-6-19/h1-3,5-6,8-11,21-22H,4,7,12-17H2,(H2,29,37)(H,33,38)(H,34,39)(H4,30,31,32)/t21-,22-/m0/s1. The van der Waals surface area contributed by atoms with Gasteiger partial charge in [0.1, 0.15) is 23.6 Å². The zero-order chi connectivity index (χ0) is 30.1. The predicted molar refractivity (Wildman–Crippen MR) is 151 cm³/mol. The molecule has 2 aromatic rings. The van der Waals surface area contributed by atoms with Gasteiger partial charge in [0, 0.05) is 18.5 Å². The second-order valence-electron chi connectivity index (χ2n) is 9.88. The first-order valence-corrected chi connectivity index (χ1v) is 13.5. The maximum absolute atomic E-state index is 13.3. The van der Waals surface area contributed by atoms with Gasteiger partial charge in [-0.25, -0.2) is 0 Å². The minimum atomic E-state index is -1.15. The molecule has 0 aliphatic carbocycles. The van der Waals surface area contributed by atoms with Crippen LogP contribution in [0.1, 0.15) is 29.6 Å². The lowest BCUT2D eigenvalue weighted by Crippen LogP contribution is -2.53. The number of carbonyl (C=O) groups is 4. The molecule has 2 atom stereocenters. The Morgan fingerprint density at radius 1 is 1.00 bits per heavy atom. The first-order valence-electron chi connectivity index (χ1n) is 13.5. The van der Waals surface area contributed by atoms with Crippen molar-refractivity contribution in [3.8, 4) is 11.5 Å². The van der Waals surface area contributed by atoms with E-state index >= 15 is 0 Å². The first-order chi connectivity index (χ1) is 20.2. The van der Waals surface area contributed by atoms with Crippen LogP contribution in [-0.4, -0.2) is 85.2 Å². The molecule has 224 valence electrons. The molecular formula is C28H35N7O7. The van der Waals surface area contributed by atoms with E-state index in [1.807, 2.05) is 30.3 Å². The summed E-state index contributed by atoms with van der Waals surface area (Å²) in [5.74, 6) is -2.36. The Labute approximate surface area is 242 Å². The molecule has 8 N–H and O–H groups in total. The molecule has 0 unspecified atom stereocenters. The van der Waals surface area contributed by atoms with Crippen molar-refractivity contribution in [2.45, 2.75) is 37.1 Å². The van der Waals surface area contributed by atoms with E-state index in [4.69, 9.17) is 31.4 Å². The van der Waals surface area contributed by atoms with Crippen LogP contribution >= 0.6 is 0 Å². The van der Waals surface area contributed by atoms with Crippen molar-refractivity contribution in [2.24, 2.45) is 22.2 Å². The lowest BCUT2D eigenvalue weighted by atomic mass is 10.1. The molecule has 14 nitrogen and oxygen atoms in total. The van der Waals surface area contributed by atoms with Crippen molar-refractivity contribution in [3.05, 3.63) is 60.2 Å². The summed E-state index contributed by atoms with van der Waals surface area (Å²) in [6.45, 7) is 0.483. The molecule has 0 bridgehead atoms. The fourth-order valence-corrected chi connectivity index (χ4v) is 4.76. The van der Waals surface area contributed by atoms with Crippen LogP contribution in [0.2, 0.25) is 0 Å². The second kappa shape index (κ2) is 13.8. The van der Waals surface area contributed by atoms with Crippen molar-refractivity contribution in [2.75, 3.05) is 32.8 Å². The van der Waals surface area contributed by atoms with Gasteiger partial charge in [0.2, 0.25) is 17.7 Å². The zero-order valence-corrected chi connectivity index (χ0v) is 23.0. The number of hydrogen-bond donors (Lipinski definition) is 5. The molecule has 0 saturated carbocycles. The third-order valence-electron chi connectivity index (χ3n) is 6.83. The number of para-hydroxylation sites is 1. The smallest absolute Gasteiger partial charge is 0.251 e. The van der Waals surface area contributed by atoms with Gasteiger partial charge in [-0.05, 0) is 49.2 Å². The maximum atomic E-state index is 13.3. The fraction of sp³-hybridized carbons (Fsp3) is 0.393. The van der Waals surface area contributed by atoms with Gasteiger partial charge in [0.15, 0.2) is 11.7 Å². The third-order valence-corrected chi connectivity index (χ3v) is 6.83. The minimum Gasteiger partial charge on any atom is -0.457 e. The van der Waals surface area contributed by atoms with E-state index in [9.17, 15) is 19.2 Å². The Bertz CT molecular complexity index is 1290. The van der Waals surface area contributed by atoms with Crippen LogP contribution < -0.4 is 32.6 Å². The molecule has 0 aromatic heterocycles. The fourth-order valence-electron chi connectivity index (χ4n) is 4.76. The van der Waals surface area contributed by atoms with Gasteiger partial charge in [-0.1, -0.05) is 18.2 Å². The summed E-state index contributed by atoms with van der Waals surface area (Å²) in [7, 11) is 0. The molecule has 1 spiro atoms. The van der Waals surface area contributed by atoms with E-state index in [1.54, 1.807) is 24.3 Å². The highest BCUT2D eigenvalue weighted by Gasteiger charge is 2.52. The van der Waals surface area contributed by atoms with Crippen LogP contribution in [0.25, 0.3) is 0 Å². The number of nitrogens with two attached hydrogens (primary N) is 3. The number of guanidine groups is 1. The van der Waals surface area contributed by atoms with Crippen molar-refractivity contribution >= 4 is 29.6 Å². The van der Waals surface area contributed by atoms with Crippen LogP contribution in [0.15, 0.2) is 59.6 Å². The number of carbonyl (C=O) groups excluding carboxylic acids is 4. The number of nitrogens with zero attached hydrogens (tertiary/aromatic N) is 2. The monoisotopic (exact) mass is 581 g/mol. The highest BCUT2D eigenvalue weighted by Crippen LogP contribution is 2.35. The van der Waals surface area contributed by atoms with Crippen molar-refractivity contribution in [1.82, 2.24) is 15.5 Å². The number of nitrogens with one attached hydrogen (secondary N) is 2. The molecule has 4 amide bonds. The Morgan fingerprint density at radius 3 is 2.31 bits per heavy atom. The Balaban J connectivity index is 1.36. The average Bonchev–Trinajstić information content (AvgIpc) is 3.60.